The molecule has 1 N–H and O–H groups in total. The Labute approximate surface area is 230 Å². The number of benzene rings is 3. The average molecular weight is 554 g/mol. The van der Waals surface area contributed by atoms with Crippen LogP contribution in [0.3, 0.4) is 0 Å². The summed E-state index contributed by atoms with van der Waals surface area (Å²) in [5.41, 5.74) is 2.75. The lowest BCUT2D eigenvalue weighted by molar-refractivity contribution is -0.140. The predicted octanol–water partition coefficient (Wildman–Crippen LogP) is 4.45. The standard InChI is InChI=1S/C30H36FN3O4S/c1-5-23(3)32-30(36)28(19-24-9-7-6-8-10-24)33(20-25-13-15-26(31)16-14-25)29(35)21-34(39(4,37)38)27-17-11-22(2)12-18-27/h6-18,23,28H,5,19-21H2,1-4H3,(H,32,36)/t23-,28+/m0/s1. The van der Waals surface area contributed by atoms with E-state index in [-0.39, 0.29) is 24.9 Å². The first-order chi connectivity index (χ1) is 18.5. The fraction of sp³-hybridized carbons (Fsp3) is 0.333. The molecular formula is C30H36FN3O4S. The zero-order valence-corrected chi connectivity index (χ0v) is 23.6. The van der Waals surface area contributed by atoms with Gasteiger partial charge in [-0.05, 0) is 55.7 Å². The Kier molecular flexibility index (Phi) is 10.2. The number of amides is 2. The lowest BCUT2D eigenvalue weighted by Crippen LogP contribution is -2.54. The molecule has 208 valence electrons. The third-order valence-corrected chi connectivity index (χ3v) is 7.68. The van der Waals surface area contributed by atoms with Gasteiger partial charge in [-0.15, -0.1) is 0 Å². The third-order valence-electron chi connectivity index (χ3n) is 6.54. The Morgan fingerprint density at radius 3 is 2.10 bits per heavy atom. The van der Waals surface area contributed by atoms with Crippen molar-refractivity contribution in [3.63, 3.8) is 0 Å². The maximum Gasteiger partial charge on any atom is 0.244 e. The van der Waals surface area contributed by atoms with E-state index in [1.54, 1.807) is 36.4 Å². The smallest absolute Gasteiger partial charge is 0.244 e. The fourth-order valence-corrected chi connectivity index (χ4v) is 4.96. The van der Waals surface area contributed by atoms with Gasteiger partial charge in [-0.25, -0.2) is 12.8 Å². The molecule has 0 spiro atoms. The van der Waals surface area contributed by atoms with Gasteiger partial charge in [0.1, 0.15) is 18.4 Å². The van der Waals surface area contributed by atoms with Gasteiger partial charge in [-0.1, -0.05) is 67.1 Å². The lowest BCUT2D eigenvalue weighted by atomic mass is 10.0. The molecule has 0 heterocycles. The highest BCUT2D eigenvalue weighted by atomic mass is 32.2. The van der Waals surface area contributed by atoms with E-state index in [9.17, 15) is 22.4 Å². The number of hydrogen-bond donors (Lipinski definition) is 1. The predicted molar refractivity (Wildman–Crippen MR) is 152 cm³/mol. The molecule has 0 saturated heterocycles. The molecule has 0 aliphatic rings. The summed E-state index contributed by atoms with van der Waals surface area (Å²) in [6.45, 7) is 5.21. The number of rotatable bonds is 12. The normalized spacial score (nSPS) is 12.8. The highest BCUT2D eigenvalue weighted by Crippen LogP contribution is 2.21. The molecule has 7 nitrogen and oxygen atoms in total. The van der Waals surface area contributed by atoms with E-state index >= 15 is 0 Å². The molecule has 0 radical (unpaired) electrons. The SMILES string of the molecule is CC[C@H](C)NC(=O)[C@@H](Cc1ccccc1)N(Cc1ccc(F)cc1)C(=O)CN(c1ccc(C)cc1)S(C)(=O)=O. The van der Waals surface area contributed by atoms with E-state index in [1.165, 1.54) is 17.0 Å². The number of halogens is 1. The number of aryl methyl sites for hydroxylation is 1. The first-order valence-electron chi connectivity index (χ1n) is 12.9. The Bertz CT molecular complexity index is 1350. The second kappa shape index (κ2) is 13.4. The third kappa shape index (κ3) is 8.64. The van der Waals surface area contributed by atoms with Gasteiger partial charge in [0.2, 0.25) is 21.8 Å². The molecule has 2 amide bonds. The number of nitrogens with one attached hydrogen (secondary N) is 1. The van der Waals surface area contributed by atoms with Gasteiger partial charge in [-0.2, -0.15) is 0 Å². The van der Waals surface area contributed by atoms with Crippen molar-refractivity contribution in [2.45, 2.75) is 52.2 Å². The molecule has 0 saturated carbocycles. The second-order valence-corrected chi connectivity index (χ2v) is 11.7. The van der Waals surface area contributed by atoms with E-state index < -0.39 is 34.3 Å². The molecule has 0 bridgehead atoms. The van der Waals surface area contributed by atoms with Gasteiger partial charge in [0.15, 0.2) is 0 Å². The molecule has 3 aromatic rings. The van der Waals surface area contributed by atoms with Crippen LogP contribution in [0, 0.1) is 12.7 Å². The van der Waals surface area contributed by atoms with Crippen LogP contribution in [0.2, 0.25) is 0 Å². The van der Waals surface area contributed by atoms with E-state index in [1.807, 2.05) is 51.1 Å². The van der Waals surface area contributed by atoms with E-state index in [0.717, 1.165) is 21.7 Å². The Morgan fingerprint density at radius 2 is 1.54 bits per heavy atom. The van der Waals surface area contributed by atoms with Crippen molar-refractivity contribution in [3.05, 3.63) is 101 Å². The van der Waals surface area contributed by atoms with Crippen LogP contribution < -0.4 is 9.62 Å². The van der Waals surface area contributed by atoms with E-state index in [2.05, 4.69) is 5.32 Å². The van der Waals surface area contributed by atoms with Crippen molar-refractivity contribution in [1.29, 1.82) is 0 Å². The van der Waals surface area contributed by atoms with Gasteiger partial charge >= 0.3 is 0 Å². The van der Waals surface area contributed by atoms with Crippen LogP contribution in [0.25, 0.3) is 0 Å². The maximum atomic E-state index is 14.0. The topological polar surface area (TPSA) is 86.8 Å². The molecule has 39 heavy (non-hydrogen) atoms. The van der Waals surface area contributed by atoms with Crippen molar-refractivity contribution < 1.29 is 22.4 Å². The van der Waals surface area contributed by atoms with E-state index in [4.69, 9.17) is 0 Å². The molecule has 0 aromatic heterocycles. The summed E-state index contributed by atoms with van der Waals surface area (Å²) in [6, 6.07) is 20.8. The minimum absolute atomic E-state index is 0.00393. The Hall–Kier alpha value is -3.72. The first kappa shape index (κ1) is 29.8. The fourth-order valence-electron chi connectivity index (χ4n) is 4.11. The number of hydrogen-bond acceptors (Lipinski definition) is 4. The molecule has 0 aliphatic heterocycles. The number of nitrogens with zero attached hydrogens (tertiary/aromatic N) is 2. The molecule has 2 atom stereocenters. The number of carbonyl (C=O) groups excluding carboxylic acids is 2. The zero-order valence-electron chi connectivity index (χ0n) is 22.8. The largest absolute Gasteiger partial charge is 0.352 e. The van der Waals surface area contributed by atoms with Crippen molar-refractivity contribution in [2.75, 3.05) is 17.1 Å². The van der Waals surface area contributed by atoms with Crippen LogP contribution >= 0.6 is 0 Å². The summed E-state index contributed by atoms with van der Waals surface area (Å²) in [6.07, 6.45) is 1.96. The average Bonchev–Trinajstić information content (AvgIpc) is 2.90. The van der Waals surface area contributed by atoms with Crippen molar-refractivity contribution >= 4 is 27.5 Å². The first-order valence-corrected chi connectivity index (χ1v) is 14.7. The number of carbonyl (C=O) groups is 2. The van der Waals surface area contributed by atoms with Crippen LogP contribution in [0.5, 0.6) is 0 Å². The van der Waals surface area contributed by atoms with Crippen molar-refractivity contribution in [1.82, 2.24) is 10.2 Å². The highest BCUT2D eigenvalue weighted by Gasteiger charge is 2.33. The summed E-state index contributed by atoms with van der Waals surface area (Å²) in [5.74, 6) is -1.31. The van der Waals surface area contributed by atoms with E-state index in [0.29, 0.717) is 17.7 Å². The molecule has 9 heteroatoms. The zero-order chi connectivity index (χ0) is 28.6. The van der Waals surface area contributed by atoms with Crippen LogP contribution in [0.4, 0.5) is 10.1 Å². The monoisotopic (exact) mass is 553 g/mol. The molecule has 3 aromatic carbocycles. The van der Waals surface area contributed by atoms with Gasteiger partial charge in [0, 0.05) is 19.0 Å². The van der Waals surface area contributed by atoms with Gasteiger partial charge in [0.25, 0.3) is 0 Å². The highest BCUT2D eigenvalue weighted by molar-refractivity contribution is 7.92. The summed E-state index contributed by atoms with van der Waals surface area (Å²) in [5, 5.41) is 2.98. The van der Waals surface area contributed by atoms with Crippen LogP contribution in [0.1, 0.15) is 37.0 Å². The number of sulfonamides is 1. The lowest BCUT2D eigenvalue weighted by Gasteiger charge is -2.34. The second-order valence-electron chi connectivity index (χ2n) is 9.78. The van der Waals surface area contributed by atoms with Crippen LogP contribution in [0.15, 0.2) is 78.9 Å². The Balaban J connectivity index is 2.04. The van der Waals surface area contributed by atoms with Gasteiger partial charge < -0.3 is 10.2 Å². The minimum atomic E-state index is -3.83. The van der Waals surface area contributed by atoms with Crippen molar-refractivity contribution in [3.8, 4) is 0 Å². The quantitative estimate of drug-likeness (QED) is 0.359. The van der Waals surface area contributed by atoms with Crippen LogP contribution in [-0.4, -0.2) is 50.0 Å². The number of anilines is 1. The van der Waals surface area contributed by atoms with Crippen LogP contribution in [-0.2, 0) is 32.6 Å². The molecule has 0 unspecified atom stereocenters. The Morgan fingerprint density at radius 1 is 0.923 bits per heavy atom. The molecular weight excluding hydrogens is 517 g/mol. The summed E-state index contributed by atoms with van der Waals surface area (Å²) in [4.78, 5) is 29.0. The van der Waals surface area contributed by atoms with Gasteiger partial charge in [0.05, 0.1) is 11.9 Å². The van der Waals surface area contributed by atoms with Crippen molar-refractivity contribution in [2.24, 2.45) is 0 Å². The molecule has 0 aliphatic carbocycles. The summed E-state index contributed by atoms with van der Waals surface area (Å²) >= 11 is 0. The molecule has 0 fully saturated rings. The molecule has 3 rings (SSSR count). The summed E-state index contributed by atoms with van der Waals surface area (Å²) < 4.78 is 40.2. The summed E-state index contributed by atoms with van der Waals surface area (Å²) in [7, 11) is -3.83. The maximum absolute atomic E-state index is 14.0. The van der Waals surface area contributed by atoms with Gasteiger partial charge in [-0.3, -0.25) is 13.9 Å². The minimum Gasteiger partial charge on any atom is -0.352 e.